The lowest BCUT2D eigenvalue weighted by Gasteiger charge is -2.09. The number of hydrogen-bond acceptors (Lipinski definition) is 5. The van der Waals surface area contributed by atoms with E-state index in [0.717, 1.165) is 10.2 Å². The minimum Gasteiger partial charge on any atom is -0.353 e. The van der Waals surface area contributed by atoms with E-state index >= 15 is 0 Å². The number of aromatic nitrogens is 2. The minimum absolute atomic E-state index is 0.390. The second-order valence-electron chi connectivity index (χ2n) is 4.39. The number of nitrogens with zero attached hydrogens (tertiary/aromatic N) is 2. The van der Waals surface area contributed by atoms with Crippen molar-refractivity contribution < 1.29 is 0 Å². The van der Waals surface area contributed by atoms with Crippen LogP contribution in [0.2, 0.25) is 0 Å². The van der Waals surface area contributed by atoms with Gasteiger partial charge in [-0.05, 0) is 19.1 Å². The summed E-state index contributed by atoms with van der Waals surface area (Å²) in [6.07, 6.45) is 0. The zero-order chi connectivity index (χ0) is 13.4. The van der Waals surface area contributed by atoms with E-state index in [2.05, 4.69) is 20.7 Å². The Morgan fingerprint density at radius 2 is 2.21 bits per heavy atom. The molecule has 3 rings (SSSR count). The standard InChI is InChI=1S/C12H13N5O2/c1-7-2-3-9-8(6-7)10(18)17(12(19)15-9)16-11-13-4-5-14-11/h2-3,6H,4-5H2,1H3,(H,15,19)(H2,13,14,16). The van der Waals surface area contributed by atoms with Crippen LogP contribution in [0.5, 0.6) is 0 Å². The number of nitrogens with one attached hydrogen (secondary N) is 3. The van der Waals surface area contributed by atoms with Crippen molar-refractivity contribution in [3.63, 3.8) is 0 Å². The summed E-state index contributed by atoms with van der Waals surface area (Å²) in [6.45, 7) is 3.22. The second kappa shape index (κ2) is 4.27. The number of aromatic amines is 1. The molecule has 1 aliphatic rings. The molecule has 2 heterocycles. The predicted molar refractivity (Wildman–Crippen MR) is 73.2 cm³/mol. The van der Waals surface area contributed by atoms with Crippen LogP contribution in [0.4, 0.5) is 0 Å². The lowest BCUT2D eigenvalue weighted by molar-refractivity contribution is 0.827. The first-order valence-electron chi connectivity index (χ1n) is 5.96. The van der Waals surface area contributed by atoms with Gasteiger partial charge in [0, 0.05) is 6.54 Å². The van der Waals surface area contributed by atoms with Crippen molar-refractivity contribution in [1.29, 1.82) is 0 Å². The Labute approximate surface area is 108 Å². The third kappa shape index (κ3) is 1.99. The molecule has 0 spiro atoms. The number of benzene rings is 1. The Balaban J connectivity index is 2.18. The summed E-state index contributed by atoms with van der Waals surface area (Å²) in [4.78, 5) is 30.9. The molecule has 1 aromatic carbocycles. The SMILES string of the molecule is Cc1ccc2[nH]c(=O)n(NC3=NCCN3)c(=O)c2c1. The molecule has 0 atom stereocenters. The van der Waals surface area contributed by atoms with E-state index in [0.29, 0.717) is 30.0 Å². The molecule has 1 aliphatic heterocycles. The monoisotopic (exact) mass is 259 g/mol. The molecular formula is C12H13N5O2. The average molecular weight is 259 g/mol. The molecule has 0 unspecified atom stereocenters. The van der Waals surface area contributed by atoms with Gasteiger partial charge in [-0.1, -0.05) is 11.6 Å². The van der Waals surface area contributed by atoms with Gasteiger partial charge in [0.05, 0.1) is 17.4 Å². The summed E-state index contributed by atoms with van der Waals surface area (Å²) >= 11 is 0. The summed E-state index contributed by atoms with van der Waals surface area (Å²) in [6, 6.07) is 5.32. The van der Waals surface area contributed by atoms with Crippen molar-refractivity contribution in [3.8, 4) is 0 Å². The van der Waals surface area contributed by atoms with E-state index in [1.807, 2.05) is 13.0 Å². The molecule has 2 aromatic rings. The fraction of sp³-hybridized carbons (Fsp3) is 0.250. The normalized spacial score (nSPS) is 14.3. The first-order chi connectivity index (χ1) is 9.15. The van der Waals surface area contributed by atoms with Gasteiger partial charge >= 0.3 is 5.69 Å². The van der Waals surface area contributed by atoms with E-state index in [1.165, 1.54) is 0 Å². The van der Waals surface area contributed by atoms with Crippen LogP contribution in [-0.2, 0) is 0 Å². The average Bonchev–Trinajstić information content (AvgIpc) is 2.89. The van der Waals surface area contributed by atoms with Crippen molar-refractivity contribution in [2.24, 2.45) is 4.99 Å². The van der Waals surface area contributed by atoms with Crippen molar-refractivity contribution in [2.75, 3.05) is 18.5 Å². The molecule has 0 aliphatic carbocycles. The maximum atomic E-state index is 12.3. The van der Waals surface area contributed by atoms with E-state index in [4.69, 9.17) is 0 Å². The van der Waals surface area contributed by atoms with Gasteiger partial charge in [-0.15, -0.1) is 0 Å². The second-order valence-corrected chi connectivity index (χ2v) is 4.39. The van der Waals surface area contributed by atoms with Crippen molar-refractivity contribution in [2.45, 2.75) is 6.92 Å². The van der Waals surface area contributed by atoms with E-state index in [-0.39, 0.29) is 5.56 Å². The number of guanidine groups is 1. The van der Waals surface area contributed by atoms with Crippen LogP contribution in [0.15, 0.2) is 32.8 Å². The smallest absolute Gasteiger partial charge is 0.348 e. The molecule has 0 amide bonds. The van der Waals surface area contributed by atoms with Crippen LogP contribution in [0.3, 0.4) is 0 Å². The Bertz CT molecular complexity index is 787. The molecule has 0 bridgehead atoms. The Morgan fingerprint density at radius 3 is 2.95 bits per heavy atom. The maximum Gasteiger partial charge on any atom is 0.348 e. The first kappa shape index (κ1) is 11.5. The molecule has 19 heavy (non-hydrogen) atoms. The van der Waals surface area contributed by atoms with Gasteiger partial charge in [0.15, 0.2) is 0 Å². The lowest BCUT2D eigenvalue weighted by atomic mass is 10.2. The van der Waals surface area contributed by atoms with Crippen LogP contribution in [-0.4, -0.2) is 28.7 Å². The molecule has 0 saturated heterocycles. The molecule has 0 saturated carbocycles. The third-order valence-electron chi connectivity index (χ3n) is 2.95. The third-order valence-corrected chi connectivity index (χ3v) is 2.95. The van der Waals surface area contributed by atoms with Crippen molar-refractivity contribution in [3.05, 3.63) is 44.6 Å². The molecule has 7 nitrogen and oxygen atoms in total. The summed E-state index contributed by atoms with van der Waals surface area (Å²) in [5.41, 5.74) is 3.27. The zero-order valence-electron chi connectivity index (χ0n) is 10.4. The molecule has 3 N–H and O–H groups in total. The van der Waals surface area contributed by atoms with Crippen LogP contribution >= 0.6 is 0 Å². The number of hydrogen-bond donors (Lipinski definition) is 3. The van der Waals surface area contributed by atoms with Crippen LogP contribution in [0.25, 0.3) is 10.9 Å². The van der Waals surface area contributed by atoms with Crippen LogP contribution in [0.1, 0.15) is 5.56 Å². The molecule has 0 fully saturated rings. The van der Waals surface area contributed by atoms with Gasteiger partial charge in [0.25, 0.3) is 5.56 Å². The highest BCUT2D eigenvalue weighted by Crippen LogP contribution is 2.07. The summed E-state index contributed by atoms with van der Waals surface area (Å²) in [5, 5.41) is 3.41. The Kier molecular flexibility index (Phi) is 2.59. The van der Waals surface area contributed by atoms with E-state index in [1.54, 1.807) is 12.1 Å². The number of aryl methyl sites for hydroxylation is 1. The Hall–Kier alpha value is -2.57. The van der Waals surface area contributed by atoms with Crippen molar-refractivity contribution in [1.82, 2.24) is 15.0 Å². The summed E-state index contributed by atoms with van der Waals surface area (Å²) < 4.78 is 0.929. The first-order valence-corrected chi connectivity index (χ1v) is 5.96. The van der Waals surface area contributed by atoms with E-state index in [9.17, 15) is 9.59 Å². The van der Waals surface area contributed by atoms with Gasteiger partial charge in [0.2, 0.25) is 5.96 Å². The predicted octanol–water partition coefficient (Wildman–Crippen LogP) is -0.499. The van der Waals surface area contributed by atoms with Gasteiger partial charge in [-0.3, -0.25) is 15.2 Å². The lowest BCUT2D eigenvalue weighted by Crippen LogP contribution is -2.46. The number of aliphatic imine (C=N–C) groups is 1. The highest BCUT2D eigenvalue weighted by molar-refractivity contribution is 5.88. The quantitative estimate of drug-likeness (QED) is 0.644. The zero-order valence-corrected chi connectivity index (χ0v) is 10.4. The highest BCUT2D eigenvalue weighted by atomic mass is 16.2. The fourth-order valence-corrected chi connectivity index (χ4v) is 2.01. The van der Waals surface area contributed by atoms with Gasteiger partial charge in [0.1, 0.15) is 0 Å². The molecule has 0 radical (unpaired) electrons. The maximum absolute atomic E-state index is 12.3. The van der Waals surface area contributed by atoms with Gasteiger partial charge < -0.3 is 10.3 Å². The van der Waals surface area contributed by atoms with Crippen molar-refractivity contribution >= 4 is 16.9 Å². The van der Waals surface area contributed by atoms with Crippen LogP contribution < -0.4 is 22.0 Å². The molecule has 1 aromatic heterocycles. The topological polar surface area (TPSA) is 91.3 Å². The van der Waals surface area contributed by atoms with Gasteiger partial charge in [-0.2, -0.15) is 4.68 Å². The molecule has 98 valence electrons. The number of fused-ring (bicyclic) bond motifs is 1. The summed E-state index contributed by atoms with van der Waals surface area (Å²) in [5.74, 6) is 0.430. The van der Waals surface area contributed by atoms with Crippen LogP contribution in [0, 0.1) is 6.92 Å². The number of H-pyrrole nitrogens is 1. The minimum atomic E-state index is -0.516. The highest BCUT2D eigenvalue weighted by Gasteiger charge is 2.11. The van der Waals surface area contributed by atoms with Gasteiger partial charge in [-0.25, -0.2) is 4.79 Å². The van der Waals surface area contributed by atoms with E-state index < -0.39 is 5.69 Å². The largest absolute Gasteiger partial charge is 0.353 e. The fourth-order valence-electron chi connectivity index (χ4n) is 2.01. The molecular weight excluding hydrogens is 246 g/mol. The Morgan fingerprint density at radius 1 is 1.37 bits per heavy atom. The number of rotatable bonds is 1. The summed E-state index contributed by atoms with van der Waals surface area (Å²) in [7, 11) is 0. The molecule has 7 heteroatoms.